The Labute approximate surface area is 121 Å². The van der Waals surface area contributed by atoms with E-state index in [-0.39, 0.29) is 11.7 Å². The van der Waals surface area contributed by atoms with Crippen molar-refractivity contribution in [2.24, 2.45) is 5.92 Å². The van der Waals surface area contributed by atoms with Gasteiger partial charge in [-0.25, -0.2) is 12.7 Å². The van der Waals surface area contributed by atoms with E-state index in [4.69, 9.17) is 0 Å². The van der Waals surface area contributed by atoms with E-state index in [1.165, 1.54) is 4.31 Å². The van der Waals surface area contributed by atoms with Gasteiger partial charge in [0, 0.05) is 19.0 Å². The van der Waals surface area contributed by atoms with E-state index in [0.29, 0.717) is 13.1 Å². The Bertz CT molecular complexity index is 575. The molecule has 0 amide bonds. The lowest BCUT2D eigenvalue weighted by Crippen LogP contribution is -2.35. The van der Waals surface area contributed by atoms with Crippen molar-refractivity contribution in [1.29, 1.82) is 0 Å². The van der Waals surface area contributed by atoms with Crippen LogP contribution in [0.1, 0.15) is 31.4 Å². The zero-order valence-corrected chi connectivity index (χ0v) is 13.2. The van der Waals surface area contributed by atoms with E-state index in [2.05, 4.69) is 0 Å². The summed E-state index contributed by atoms with van der Waals surface area (Å²) < 4.78 is 26.4. The normalized spacial score (nSPS) is 21.3. The molecule has 1 fully saturated rings. The van der Waals surface area contributed by atoms with Crippen LogP contribution in [-0.2, 0) is 15.8 Å². The molecular weight excluding hydrogens is 274 g/mol. The van der Waals surface area contributed by atoms with E-state index < -0.39 is 15.6 Å². The second-order valence-corrected chi connectivity index (χ2v) is 8.21. The molecule has 1 aliphatic heterocycles. The predicted molar refractivity (Wildman–Crippen MR) is 79.8 cm³/mol. The lowest BCUT2D eigenvalue weighted by Gasteiger charge is -2.25. The van der Waals surface area contributed by atoms with Crippen molar-refractivity contribution in [3.63, 3.8) is 0 Å². The topological polar surface area (TPSA) is 57.6 Å². The zero-order valence-electron chi connectivity index (χ0n) is 12.3. The van der Waals surface area contributed by atoms with Gasteiger partial charge in [-0.3, -0.25) is 0 Å². The van der Waals surface area contributed by atoms with Crippen LogP contribution in [0.15, 0.2) is 24.3 Å². The highest BCUT2D eigenvalue weighted by Gasteiger charge is 2.38. The second-order valence-electron chi connectivity index (χ2n) is 6.24. The van der Waals surface area contributed by atoms with Gasteiger partial charge in [-0.15, -0.1) is 0 Å². The molecular formula is C15H23NO3S. The summed E-state index contributed by atoms with van der Waals surface area (Å²) in [7, 11) is -3.30. The van der Waals surface area contributed by atoms with Gasteiger partial charge in [0.15, 0.2) is 0 Å². The Kier molecular flexibility index (Phi) is 4.23. The number of aliphatic hydroxyl groups is 1. The molecule has 0 spiro atoms. The fourth-order valence-electron chi connectivity index (χ4n) is 2.66. The van der Waals surface area contributed by atoms with Crippen LogP contribution in [0.2, 0.25) is 0 Å². The van der Waals surface area contributed by atoms with Crippen molar-refractivity contribution in [2.75, 3.05) is 13.1 Å². The van der Waals surface area contributed by atoms with Gasteiger partial charge >= 0.3 is 0 Å². The number of benzene rings is 1. The monoisotopic (exact) mass is 297 g/mol. The SMILES string of the molecule is Cc1cccc(CS(=O)(=O)N2CCC(C(C)(C)O)C2)c1. The number of sulfonamides is 1. The molecule has 1 aromatic carbocycles. The molecule has 1 unspecified atom stereocenters. The molecule has 0 radical (unpaired) electrons. The van der Waals surface area contributed by atoms with Gasteiger partial charge in [0.1, 0.15) is 0 Å². The van der Waals surface area contributed by atoms with Gasteiger partial charge in [0.05, 0.1) is 11.4 Å². The first kappa shape index (κ1) is 15.5. The third-order valence-corrected chi connectivity index (χ3v) is 5.79. The molecule has 0 bridgehead atoms. The van der Waals surface area contributed by atoms with Gasteiger partial charge < -0.3 is 5.11 Å². The minimum Gasteiger partial charge on any atom is -0.390 e. The van der Waals surface area contributed by atoms with Crippen molar-refractivity contribution < 1.29 is 13.5 Å². The zero-order chi connectivity index (χ0) is 15.0. The first-order valence-electron chi connectivity index (χ1n) is 6.94. The molecule has 1 N–H and O–H groups in total. The molecule has 5 heteroatoms. The van der Waals surface area contributed by atoms with Crippen LogP contribution >= 0.6 is 0 Å². The molecule has 112 valence electrons. The summed E-state index contributed by atoms with van der Waals surface area (Å²) in [6.07, 6.45) is 0.719. The molecule has 20 heavy (non-hydrogen) atoms. The van der Waals surface area contributed by atoms with E-state index >= 15 is 0 Å². The van der Waals surface area contributed by atoms with Crippen molar-refractivity contribution in [3.8, 4) is 0 Å². The van der Waals surface area contributed by atoms with Gasteiger partial charge in [-0.2, -0.15) is 0 Å². The van der Waals surface area contributed by atoms with Crippen LogP contribution < -0.4 is 0 Å². The van der Waals surface area contributed by atoms with E-state index in [1.54, 1.807) is 13.8 Å². The number of rotatable bonds is 4. The first-order valence-corrected chi connectivity index (χ1v) is 8.55. The highest BCUT2D eigenvalue weighted by Crippen LogP contribution is 2.29. The summed E-state index contributed by atoms with van der Waals surface area (Å²) in [6, 6.07) is 7.58. The Balaban J connectivity index is 2.09. The third-order valence-electron chi connectivity index (χ3n) is 3.97. The van der Waals surface area contributed by atoms with Gasteiger partial charge in [0.2, 0.25) is 10.0 Å². The smallest absolute Gasteiger partial charge is 0.218 e. The molecule has 1 atom stereocenters. The van der Waals surface area contributed by atoms with E-state index in [0.717, 1.165) is 17.5 Å². The van der Waals surface area contributed by atoms with E-state index in [1.807, 2.05) is 31.2 Å². The van der Waals surface area contributed by atoms with Gasteiger partial charge in [0.25, 0.3) is 0 Å². The van der Waals surface area contributed by atoms with Crippen LogP contribution in [0.25, 0.3) is 0 Å². The Hall–Kier alpha value is -0.910. The summed E-state index contributed by atoms with van der Waals surface area (Å²) in [5, 5.41) is 10.0. The summed E-state index contributed by atoms with van der Waals surface area (Å²) in [5.74, 6) is 0.0440. The van der Waals surface area contributed by atoms with Crippen molar-refractivity contribution in [3.05, 3.63) is 35.4 Å². The molecule has 0 aromatic heterocycles. The minimum absolute atomic E-state index is 0.00906. The Morgan fingerprint density at radius 2 is 2.10 bits per heavy atom. The maximum absolute atomic E-state index is 12.4. The fraction of sp³-hybridized carbons (Fsp3) is 0.600. The van der Waals surface area contributed by atoms with Crippen molar-refractivity contribution in [1.82, 2.24) is 4.31 Å². The summed E-state index contributed by atoms with van der Waals surface area (Å²) in [6.45, 7) is 6.36. The number of aryl methyl sites for hydroxylation is 1. The lowest BCUT2D eigenvalue weighted by atomic mass is 9.91. The van der Waals surface area contributed by atoms with Crippen LogP contribution in [0, 0.1) is 12.8 Å². The highest BCUT2D eigenvalue weighted by molar-refractivity contribution is 7.88. The largest absolute Gasteiger partial charge is 0.390 e. The summed E-state index contributed by atoms with van der Waals surface area (Å²) in [4.78, 5) is 0. The third kappa shape index (κ3) is 3.59. The Morgan fingerprint density at radius 3 is 2.65 bits per heavy atom. The number of nitrogens with zero attached hydrogens (tertiary/aromatic N) is 1. The molecule has 1 aromatic rings. The summed E-state index contributed by atoms with van der Waals surface area (Å²) >= 11 is 0. The first-order chi connectivity index (χ1) is 9.18. The highest BCUT2D eigenvalue weighted by atomic mass is 32.2. The molecule has 1 saturated heterocycles. The maximum Gasteiger partial charge on any atom is 0.218 e. The predicted octanol–water partition coefficient (Wildman–Crippen LogP) is 1.92. The molecule has 1 heterocycles. The minimum atomic E-state index is -3.30. The molecule has 2 rings (SSSR count). The van der Waals surface area contributed by atoms with Crippen LogP contribution in [0.3, 0.4) is 0 Å². The standard InChI is InChI=1S/C15H23NO3S/c1-12-5-4-6-13(9-12)11-20(18,19)16-8-7-14(10-16)15(2,3)17/h4-6,9,14,17H,7-8,10-11H2,1-3H3. The number of hydrogen-bond donors (Lipinski definition) is 1. The molecule has 4 nitrogen and oxygen atoms in total. The fourth-order valence-corrected chi connectivity index (χ4v) is 4.24. The molecule has 0 saturated carbocycles. The lowest BCUT2D eigenvalue weighted by molar-refractivity contribution is 0.0236. The van der Waals surface area contributed by atoms with Gasteiger partial charge in [-0.1, -0.05) is 29.8 Å². The van der Waals surface area contributed by atoms with Crippen LogP contribution in [-0.4, -0.2) is 36.5 Å². The van der Waals surface area contributed by atoms with E-state index in [9.17, 15) is 13.5 Å². The van der Waals surface area contributed by atoms with Crippen molar-refractivity contribution >= 4 is 10.0 Å². The Morgan fingerprint density at radius 1 is 1.40 bits per heavy atom. The van der Waals surface area contributed by atoms with Crippen molar-refractivity contribution in [2.45, 2.75) is 38.5 Å². The molecule has 1 aliphatic rings. The maximum atomic E-state index is 12.4. The number of hydrogen-bond acceptors (Lipinski definition) is 3. The van der Waals surface area contributed by atoms with Crippen LogP contribution in [0.4, 0.5) is 0 Å². The summed E-state index contributed by atoms with van der Waals surface area (Å²) in [5.41, 5.74) is 1.05. The quantitative estimate of drug-likeness (QED) is 0.923. The molecule has 0 aliphatic carbocycles. The van der Waals surface area contributed by atoms with Crippen LogP contribution in [0.5, 0.6) is 0 Å². The average Bonchev–Trinajstić information content (AvgIpc) is 2.77. The van der Waals surface area contributed by atoms with Gasteiger partial charge in [-0.05, 0) is 32.8 Å². The second kappa shape index (κ2) is 5.47. The average molecular weight is 297 g/mol.